The lowest BCUT2D eigenvalue weighted by atomic mass is 9.88. The van der Waals surface area contributed by atoms with E-state index in [4.69, 9.17) is 10.3 Å². The van der Waals surface area contributed by atoms with E-state index >= 15 is 0 Å². The van der Waals surface area contributed by atoms with Crippen LogP contribution in [-0.2, 0) is 5.41 Å². The molecule has 20 heavy (non-hydrogen) atoms. The van der Waals surface area contributed by atoms with Gasteiger partial charge in [-0.15, -0.1) is 0 Å². The highest BCUT2D eigenvalue weighted by Crippen LogP contribution is 2.27. The van der Waals surface area contributed by atoms with Gasteiger partial charge in [-0.05, 0) is 24.8 Å². The first kappa shape index (κ1) is 14.7. The van der Waals surface area contributed by atoms with E-state index in [-0.39, 0.29) is 5.41 Å². The van der Waals surface area contributed by atoms with Crippen molar-refractivity contribution in [1.82, 2.24) is 10.1 Å². The fourth-order valence-corrected chi connectivity index (χ4v) is 1.99. The number of hydrogen-bond donors (Lipinski definition) is 1. The molecular weight excluding hydrogens is 250 g/mol. The molecule has 0 spiro atoms. The van der Waals surface area contributed by atoms with E-state index in [1.54, 1.807) is 0 Å². The number of nitrogens with two attached hydrogens (primary N) is 1. The van der Waals surface area contributed by atoms with Crippen LogP contribution in [0.2, 0.25) is 0 Å². The molecule has 1 aromatic carbocycles. The summed E-state index contributed by atoms with van der Waals surface area (Å²) in [4.78, 5) is 4.51. The van der Waals surface area contributed by atoms with Crippen LogP contribution in [0.4, 0.5) is 0 Å². The molecule has 108 valence electrons. The summed E-state index contributed by atoms with van der Waals surface area (Å²) in [5.74, 6) is 1.76. The summed E-state index contributed by atoms with van der Waals surface area (Å²) in [5.41, 5.74) is 7.85. The molecule has 0 fully saturated rings. The maximum Gasteiger partial charge on any atom is 0.234 e. The molecule has 1 aromatic heterocycles. The Morgan fingerprint density at radius 1 is 1.25 bits per heavy atom. The number of aromatic nitrogens is 2. The maximum atomic E-state index is 5.82. The van der Waals surface area contributed by atoms with Gasteiger partial charge in [0.15, 0.2) is 0 Å². The van der Waals surface area contributed by atoms with E-state index in [0.29, 0.717) is 24.2 Å². The zero-order valence-corrected chi connectivity index (χ0v) is 12.7. The fraction of sp³-hybridized carbons (Fsp3) is 0.500. The summed E-state index contributed by atoms with van der Waals surface area (Å²) in [6, 6.07) is 8.29. The molecule has 2 aromatic rings. The standard InChI is InChI=1S/C16H23N3O/c1-5-16(4,10-17)15-18-14(19-20-15)13-8-6-12(7-9-13)11(2)3/h6-9,11H,5,10,17H2,1-4H3. The molecule has 0 bridgehead atoms. The van der Waals surface area contributed by atoms with Crippen molar-refractivity contribution < 1.29 is 4.52 Å². The van der Waals surface area contributed by atoms with Crippen LogP contribution in [0.25, 0.3) is 11.4 Å². The van der Waals surface area contributed by atoms with Crippen LogP contribution in [0, 0.1) is 0 Å². The van der Waals surface area contributed by atoms with Gasteiger partial charge < -0.3 is 10.3 Å². The Kier molecular flexibility index (Phi) is 4.23. The molecular formula is C16H23N3O. The SMILES string of the molecule is CCC(C)(CN)c1nc(-c2ccc(C(C)C)cc2)no1. The van der Waals surface area contributed by atoms with Crippen LogP contribution in [0.5, 0.6) is 0 Å². The van der Waals surface area contributed by atoms with E-state index in [0.717, 1.165) is 12.0 Å². The van der Waals surface area contributed by atoms with Gasteiger partial charge in [0.1, 0.15) is 0 Å². The third-order valence-corrected chi connectivity index (χ3v) is 4.01. The molecule has 1 heterocycles. The van der Waals surface area contributed by atoms with Crippen molar-refractivity contribution in [3.63, 3.8) is 0 Å². The minimum Gasteiger partial charge on any atom is -0.338 e. The Bertz CT molecular complexity index is 553. The van der Waals surface area contributed by atoms with Gasteiger partial charge in [0.25, 0.3) is 0 Å². The van der Waals surface area contributed by atoms with Crippen LogP contribution in [0.1, 0.15) is 51.5 Å². The largest absolute Gasteiger partial charge is 0.338 e. The van der Waals surface area contributed by atoms with Crippen molar-refractivity contribution >= 4 is 0 Å². The summed E-state index contributed by atoms with van der Waals surface area (Å²) in [6.07, 6.45) is 0.872. The average Bonchev–Trinajstić information content (AvgIpc) is 2.97. The first-order valence-electron chi connectivity index (χ1n) is 7.14. The normalized spacial score (nSPS) is 14.5. The van der Waals surface area contributed by atoms with Crippen LogP contribution in [0.15, 0.2) is 28.8 Å². The van der Waals surface area contributed by atoms with Gasteiger partial charge in [0.2, 0.25) is 11.7 Å². The molecule has 0 aliphatic rings. The third-order valence-electron chi connectivity index (χ3n) is 4.01. The molecule has 4 heteroatoms. The van der Waals surface area contributed by atoms with Crippen LogP contribution in [0.3, 0.4) is 0 Å². The van der Waals surface area contributed by atoms with E-state index in [1.807, 2.05) is 19.1 Å². The van der Waals surface area contributed by atoms with Crippen molar-refractivity contribution in [3.05, 3.63) is 35.7 Å². The quantitative estimate of drug-likeness (QED) is 0.905. The van der Waals surface area contributed by atoms with Gasteiger partial charge in [0.05, 0.1) is 5.41 Å². The summed E-state index contributed by atoms with van der Waals surface area (Å²) in [7, 11) is 0. The average molecular weight is 273 g/mol. The lowest BCUT2D eigenvalue weighted by molar-refractivity contribution is 0.291. The van der Waals surface area contributed by atoms with Gasteiger partial charge in [0, 0.05) is 12.1 Å². The number of nitrogens with zero attached hydrogens (tertiary/aromatic N) is 2. The predicted octanol–water partition coefficient (Wildman–Crippen LogP) is 3.49. The molecule has 2 N–H and O–H groups in total. The van der Waals surface area contributed by atoms with Gasteiger partial charge >= 0.3 is 0 Å². The third kappa shape index (κ3) is 2.75. The molecule has 1 atom stereocenters. The van der Waals surface area contributed by atoms with E-state index in [2.05, 4.69) is 43.0 Å². The number of hydrogen-bond acceptors (Lipinski definition) is 4. The Hall–Kier alpha value is -1.68. The highest BCUT2D eigenvalue weighted by molar-refractivity contribution is 5.55. The van der Waals surface area contributed by atoms with E-state index in [9.17, 15) is 0 Å². The molecule has 2 rings (SSSR count). The van der Waals surface area contributed by atoms with Crippen molar-refractivity contribution in [2.75, 3.05) is 6.54 Å². The second-order valence-electron chi connectivity index (χ2n) is 5.82. The number of rotatable bonds is 5. The minimum absolute atomic E-state index is 0.247. The fourth-order valence-electron chi connectivity index (χ4n) is 1.99. The zero-order chi connectivity index (χ0) is 14.8. The van der Waals surface area contributed by atoms with Crippen LogP contribution in [-0.4, -0.2) is 16.7 Å². The molecule has 0 amide bonds. The molecule has 0 aliphatic carbocycles. The van der Waals surface area contributed by atoms with Gasteiger partial charge in [-0.3, -0.25) is 0 Å². The Labute approximate surface area is 120 Å². The monoisotopic (exact) mass is 273 g/mol. The lowest BCUT2D eigenvalue weighted by Gasteiger charge is -2.20. The Balaban J connectivity index is 2.29. The zero-order valence-electron chi connectivity index (χ0n) is 12.7. The first-order chi connectivity index (χ1) is 9.50. The second-order valence-corrected chi connectivity index (χ2v) is 5.82. The molecule has 0 saturated carbocycles. The summed E-state index contributed by atoms with van der Waals surface area (Å²) >= 11 is 0. The summed E-state index contributed by atoms with van der Waals surface area (Å²) in [6.45, 7) is 8.97. The lowest BCUT2D eigenvalue weighted by Crippen LogP contribution is -2.31. The van der Waals surface area contributed by atoms with Gasteiger partial charge in [-0.25, -0.2) is 0 Å². The van der Waals surface area contributed by atoms with Crippen molar-refractivity contribution in [3.8, 4) is 11.4 Å². The van der Waals surface area contributed by atoms with Crippen LogP contribution < -0.4 is 5.73 Å². The number of benzene rings is 1. The highest BCUT2D eigenvalue weighted by Gasteiger charge is 2.29. The Morgan fingerprint density at radius 2 is 1.90 bits per heavy atom. The smallest absolute Gasteiger partial charge is 0.234 e. The molecule has 1 unspecified atom stereocenters. The van der Waals surface area contributed by atoms with Crippen LogP contribution >= 0.6 is 0 Å². The van der Waals surface area contributed by atoms with Crippen molar-refractivity contribution in [2.45, 2.75) is 45.4 Å². The molecule has 0 radical (unpaired) electrons. The van der Waals surface area contributed by atoms with Crippen molar-refractivity contribution in [1.29, 1.82) is 0 Å². The molecule has 0 aliphatic heterocycles. The summed E-state index contributed by atoms with van der Waals surface area (Å²) in [5, 5.41) is 4.08. The molecule has 4 nitrogen and oxygen atoms in total. The minimum atomic E-state index is -0.247. The summed E-state index contributed by atoms with van der Waals surface area (Å²) < 4.78 is 5.40. The van der Waals surface area contributed by atoms with E-state index < -0.39 is 0 Å². The van der Waals surface area contributed by atoms with Crippen molar-refractivity contribution in [2.24, 2.45) is 5.73 Å². The Morgan fingerprint density at radius 3 is 2.40 bits per heavy atom. The van der Waals surface area contributed by atoms with Gasteiger partial charge in [-0.1, -0.05) is 50.2 Å². The van der Waals surface area contributed by atoms with Gasteiger partial charge in [-0.2, -0.15) is 4.98 Å². The second kappa shape index (κ2) is 5.75. The first-order valence-corrected chi connectivity index (χ1v) is 7.14. The topological polar surface area (TPSA) is 64.9 Å². The highest BCUT2D eigenvalue weighted by atomic mass is 16.5. The molecule has 0 saturated heterocycles. The maximum absolute atomic E-state index is 5.82. The van der Waals surface area contributed by atoms with E-state index in [1.165, 1.54) is 5.56 Å². The predicted molar refractivity (Wildman–Crippen MR) is 80.5 cm³/mol.